The van der Waals surface area contributed by atoms with Crippen molar-refractivity contribution in [3.8, 4) is 5.75 Å². The maximum Gasteiger partial charge on any atom is 0.276 e. The molecule has 0 aliphatic heterocycles. The van der Waals surface area contributed by atoms with Crippen molar-refractivity contribution < 1.29 is 14.3 Å². The number of ether oxygens (including phenoxy) is 1. The van der Waals surface area contributed by atoms with Gasteiger partial charge in [-0.1, -0.05) is 18.2 Å². The van der Waals surface area contributed by atoms with E-state index in [-0.39, 0.29) is 12.2 Å². The van der Waals surface area contributed by atoms with Crippen molar-refractivity contribution in [2.75, 3.05) is 17.2 Å². The van der Waals surface area contributed by atoms with Crippen LogP contribution in [0.15, 0.2) is 59.4 Å². The minimum Gasteiger partial charge on any atom is -0.492 e. The monoisotopic (exact) mass is 420 g/mol. The summed E-state index contributed by atoms with van der Waals surface area (Å²) in [7, 11) is 0. The third kappa shape index (κ3) is 5.57. The van der Waals surface area contributed by atoms with Gasteiger partial charge in [0.2, 0.25) is 5.91 Å². The van der Waals surface area contributed by atoms with E-state index in [0.717, 1.165) is 15.8 Å². The first-order valence-electron chi connectivity index (χ1n) is 9.86. The van der Waals surface area contributed by atoms with E-state index in [9.17, 15) is 14.4 Å². The lowest BCUT2D eigenvalue weighted by Gasteiger charge is -2.12. The lowest BCUT2D eigenvalue weighted by Crippen LogP contribution is -2.31. The van der Waals surface area contributed by atoms with Crippen LogP contribution in [0.4, 0.5) is 11.4 Å². The van der Waals surface area contributed by atoms with Gasteiger partial charge in [-0.3, -0.25) is 14.4 Å². The molecule has 0 bridgehead atoms. The molecule has 0 unspecified atom stereocenters. The van der Waals surface area contributed by atoms with Crippen LogP contribution >= 0.6 is 0 Å². The highest BCUT2D eigenvalue weighted by Crippen LogP contribution is 2.23. The first kappa shape index (κ1) is 21.8. The van der Waals surface area contributed by atoms with Gasteiger partial charge >= 0.3 is 0 Å². The van der Waals surface area contributed by atoms with E-state index in [1.165, 1.54) is 12.1 Å². The Labute approximate surface area is 179 Å². The molecule has 3 rings (SSSR count). The molecule has 0 aliphatic carbocycles. The summed E-state index contributed by atoms with van der Waals surface area (Å²) in [6.07, 6.45) is 0. The van der Waals surface area contributed by atoms with Crippen LogP contribution in [-0.4, -0.2) is 28.2 Å². The third-order valence-corrected chi connectivity index (χ3v) is 4.62. The molecule has 2 N–H and O–H groups in total. The molecule has 0 saturated carbocycles. The molecule has 3 aromatic rings. The Morgan fingerprint density at radius 2 is 1.77 bits per heavy atom. The van der Waals surface area contributed by atoms with Crippen LogP contribution in [-0.2, 0) is 11.3 Å². The van der Waals surface area contributed by atoms with Gasteiger partial charge in [-0.05, 0) is 62.2 Å². The van der Waals surface area contributed by atoms with Crippen LogP contribution in [0.1, 0.15) is 28.5 Å². The number of amides is 2. The van der Waals surface area contributed by atoms with Crippen LogP contribution < -0.4 is 20.9 Å². The van der Waals surface area contributed by atoms with Gasteiger partial charge in [0.05, 0.1) is 12.3 Å². The molecular weight excluding hydrogens is 396 g/mol. The van der Waals surface area contributed by atoms with Gasteiger partial charge in [-0.15, -0.1) is 0 Å². The van der Waals surface area contributed by atoms with E-state index in [1.54, 1.807) is 30.3 Å². The van der Waals surface area contributed by atoms with Crippen LogP contribution in [0.25, 0.3) is 0 Å². The second kappa shape index (κ2) is 9.71. The van der Waals surface area contributed by atoms with E-state index in [4.69, 9.17) is 4.74 Å². The number of nitrogens with zero attached hydrogens (tertiary/aromatic N) is 2. The fourth-order valence-electron chi connectivity index (χ4n) is 2.87. The lowest BCUT2D eigenvalue weighted by atomic mass is 10.1. The number of anilines is 2. The van der Waals surface area contributed by atoms with Crippen molar-refractivity contribution in [3.05, 3.63) is 81.8 Å². The van der Waals surface area contributed by atoms with Crippen molar-refractivity contribution >= 4 is 23.2 Å². The summed E-state index contributed by atoms with van der Waals surface area (Å²) in [5, 5.41) is 9.51. The normalized spacial score (nSPS) is 10.4. The standard InChI is InChI=1S/C23H24N4O4/c1-4-31-20-8-6-5-7-18(20)25-21(28)14-27-22(29)12-11-19(26-27)23(30)24-17-10-9-15(2)16(3)13-17/h5-13H,4,14H2,1-3H3,(H,24,30)(H,25,28). The quantitative estimate of drug-likeness (QED) is 0.611. The maximum atomic E-state index is 12.6. The summed E-state index contributed by atoms with van der Waals surface area (Å²) >= 11 is 0. The van der Waals surface area contributed by atoms with E-state index in [1.807, 2.05) is 32.9 Å². The summed E-state index contributed by atoms with van der Waals surface area (Å²) in [4.78, 5) is 37.2. The topological polar surface area (TPSA) is 102 Å². The largest absolute Gasteiger partial charge is 0.492 e. The second-order valence-corrected chi connectivity index (χ2v) is 6.94. The minimum absolute atomic E-state index is 0.0281. The molecule has 8 heteroatoms. The molecule has 0 fully saturated rings. The van der Waals surface area contributed by atoms with Crippen LogP contribution in [0.5, 0.6) is 5.75 Å². The summed E-state index contributed by atoms with van der Waals surface area (Å²) in [6, 6.07) is 15.1. The van der Waals surface area contributed by atoms with Crippen molar-refractivity contribution in [1.82, 2.24) is 9.78 Å². The second-order valence-electron chi connectivity index (χ2n) is 6.94. The average Bonchev–Trinajstić information content (AvgIpc) is 2.74. The molecule has 0 atom stereocenters. The van der Waals surface area contributed by atoms with Gasteiger partial charge < -0.3 is 15.4 Å². The van der Waals surface area contributed by atoms with E-state index >= 15 is 0 Å². The van der Waals surface area contributed by atoms with Crippen molar-refractivity contribution in [1.29, 1.82) is 0 Å². The van der Waals surface area contributed by atoms with Crippen molar-refractivity contribution in [3.63, 3.8) is 0 Å². The fraction of sp³-hybridized carbons (Fsp3) is 0.217. The molecule has 0 aliphatic rings. The number of aryl methyl sites for hydroxylation is 2. The Bertz CT molecular complexity index is 1170. The Balaban J connectivity index is 1.73. The number of para-hydroxylation sites is 2. The number of benzene rings is 2. The first-order chi connectivity index (χ1) is 14.9. The molecular formula is C23H24N4O4. The zero-order valence-electron chi connectivity index (χ0n) is 17.6. The fourth-order valence-corrected chi connectivity index (χ4v) is 2.87. The van der Waals surface area contributed by atoms with E-state index < -0.39 is 17.4 Å². The number of nitrogens with one attached hydrogen (secondary N) is 2. The first-order valence-corrected chi connectivity index (χ1v) is 9.86. The molecule has 1 heterocycles. The van der Waals surface area contributed by atoms with E-state index in [0.29, 0.717) is 23.7 Å². The summed E-state index contributed by atoms with van der Waals surface area (Å²) in [5.41, 5.74) is 2.81. The predicted molar refractivity (Wildman–Crippen MR) is 119 cm³/mol. The molecule has 8 nitrogen and oxygen atoms in total. The number of carbonyl (C=O) groups is 2. The highest BCUT2D eigenvalue weighted by molar-refractivity contribution is 6.02. The van der Waals surface area contributed by atoms with Crippen LogP contribution in [0.2, 0.25) is 0 Å². The number of carbonyl (C=O) groups excluding carboxylic acids is 2. The number of hydrogen-bond donors (Lipinski definition) is 2. The molecule has 0 radical (unpaired) electrons. The summed E-state index contributed by atoms with van der Waals surface area (Å²) in [6.45, 7) is 5.88. The van der Waals surface area contributed by atoms with Crippen LogP contribution in [0, 0.1) is 13.8 Å². The molecule has 2 amide bonds. The third-order valence-electron chi connectivity index (χ3n) is 4.62. The molecule has 2 aromatic carbocycles. The van der Waals surface area contributed by atoms with Gasteiger partial charge in [0.1, 0.15) is 18.0 Å². The van der Waals surface area contributed by atoms with Crippen molar-refractivity contribution in [2.24, 2.45) is 0 Å². The predicted octanol–water partition coefficient (Wildman–Crippen LogP) is 3.15. The zero-order chi connectivity index (χ0) is 22.4. The minimum atomic E-state index is -0.490. The smallest absolute Gasteiger partial charge is 0.276 e. The average molecular weight is 420 g/mol. The molecule has 0 spiro atoms. The number of aromatic nitrogens is 2. The van der Waals surface area contributed by atoms with Crippen molar-refractivity contribution in [2.45, 2.75) is 27.3 Å². The summed E-state index contributed by atoms with van der Waals surface area (Å²) < 4.78 is 6.44. The molecule has 31 heavy (non-hydrogen) atoms. The summed E-state index contributed by atoms with van der Waals surface area (Å²) in [5.74, 6) is -0.409. The van der Waals surface area contributed by atoms with E-state index in [2.05, 4.69) is 15.7 Å². The Morgan fingerprint density at radius 1 is 1.00 bits per heavy atom. The van der Waals surface area contributed by atoms with Gasteiger partial charge in [0.25, 0.3) is 11.5 Å². The van der Waals surface area contributed by atoms with Gasteiger partial charge in [-0.25, -0.2) is 4.68 Å². The SMILES string of the molecule is CCOc1ccccc1NC(=O)Cn1nc(C(=O)Nc2ccc(C)c(C)c2)ccc1=O. The number of hydrogen-bond acceptors (Lipinski definition) is 5. The van der Waals surface area contributed by atoms with Gasteiger partial charge in [-0.2, -0.15) is 5.10 Å². The molecule has 1 aromatic heterocycles. The Hall–Kier alpha value is -3.94. The lowest BCUT2D eigenvalue weighted by molar-refractivity contribution is -0.117. The maximum absolute atomic E-state index is 12.6. The van der Waals surface area contributed by atoms with Gasteiger partial charge in [0, 0.05) is 11.8 Å². The highest BCUT2D eigenvalue weighted by Gasteiger charge is 2.14. The zero-order valence-corrected chi connectivity index (χ0v) is 17.6. The Kier molecular flexibility index (Phi) is 6.81. The molecule has 0 saturated heterocycles. The van der Waals surface area contributed by atoms with Gasteiger partial charge in [0.15, 0.2) is 0 Å². The number of rotatable bonds is 7. The highest BCUT2D eigenvalue weighted by atomic mass is 16.5. The molecule has 160 valence electrons. The Morgan fingerprint density at radius 3 is 2.52 bits per heavy atom. The van der Waals surface area contributed by atoms with Crippen LogP contribution in [0.3, 0.4) is 0 Å².